The SMILES string of the molecule is C=C(CCCNS)CC1CCC(CC(=O)CC(CCCCCCC/C=C/C/C=C\CCCCC)CCCCCCCC/C=C\C/C=C\CCCCC)C1C/C=C\CC. The number of thiol groups is 1. The van der Waals surface area contributed by atoms with Gasteiger partial charge in [0.15, 0.2) is 0 Å². The first kappa shape index (κ1) is 54.4. The predicted octanol–water partition coefficient (Wildman–Crippen LogP) is 18.1. The molecule has 334 valence electrons. The molecular weight excluding hydrogens is 723 g/mol. The van der Waals surface area contributed by atoms with Gasteiger partial charge in [-0.3, -0.25) is 9.52 Å². The summed E-state index contributed by atoms with van der Waals surface area (Å²) >= 11 is 4.16. The fourth-order valence-electron chi connectivity index (χ4n) is 9.16. The van der Waals surface area contributed by atoms with E-state index in [1.807, 2.05) is 0 Å². The van der Waals surface area contributed by atoms with Gasteiger partial charge >= 0.3 is 0 Å². The molecule has 0 bridgehead atoms. The molecule has 1 aliphatic carbocycles. The molecule has 0 aromatic heterocycles. The van der Waals surface area contributed by atoms with E-state index in [2.05, 4.69) is 106 Å². The zero-order chi connectivity index (χ0) is 42.0. The molecule has 1 aliphatic rings. The molecule has 0 aromatic rings. The maximum atomic E-state index is 13.9. The molecule has 1 saturated carbocycles. The van der Waals surface area contributed by atoms with Gasteiger partial charge in [0.05, 0.1) is 0 Å². The maximum absolute atomic E-state index is 13.9. The lowest BCUT2D eigenvalue weighted by atomic mass is 9.79. The standard InChI is InChI=1S/C55H97NOS/c1-5-8-11-13-15-17-19-21-23-25-27-29-31-33-35-38-42-51(41-37-34-32-30-28-26-24-22-20-18-16-14-12-9-6-2)48-54(57)49-53-45-44-52(55(53)43-36-10-7-3)47-50(4)40-39-46-56-58/h10,15-18,21-24,36,51-53,55-56,58H,4-9,11-14,19-20,25-35,37-49H2,1-3H3/b17-15-,18-16-,23-21-,24-22+,36-10-. The number of rotatable bonds is 42. The molecular formula is C55H97NOS. The highest BCUT2D eigenvalue weighted by molar-refractivity contribution is 7.78. The van der Waals surface area contributed by atoms with Gasteiger partial charge < -0.3 is 0 Å². The smallest absolute Gasteiger partial charge is 0.133 e. The Hall–Kier alpha value is -1.58. The van der Waals surface area contributed by atoms with Crippen LogP contribution >= 0.6 is 12.8 Å². The topological polar surface area (TPSA) is 29.1 Å². The average Bonchev–Trinajstić information content (AvgIpc) is 3.58. The minimum Gasteiger partial charge on any atom is -0.300 e. The molecule has 1 fully saturated rings. The largest absolute Gasteiger partial charge is 0.300 e. The van der Waals surface area contributed by atoms with Crippen LogP contribution in [0, 0.1) is 23.7 Å². The van der Waals surface area contributed by atoms with Gasteiger partial charge in [0.1, 0.15) is 5.78 Å². The molecule has 58 heavy (non-hydrogen) atoms. The highest BCUT2D eigenvalue weighted by atomic mass is 32.1. The number of unbranched alkanes of at least 4 members (excludes halogenated alkanes) is 17. The molecule has 1 N–H and O–H groups in total. The first-order valence-corrected chi connectivity index (χ1v) is 25.8. The molecule has 4 atom stereocenters. The summed E-state index contributed by atoms with van der Waals surface area (Å²) in [6, 6.07) is 0. The van der Waals surface area contributed by atoms with E-state index in [1.165, 1.54) is 166 Å². The summed E-state index contributed by atoms with van der Waals surface area (Å²) in [5, 5.41) is 0. The van der Waals surface area contributed by atoms with Crippen LogP contribution in [0.15, 0.2) is 72.9 Å². The number of carbonyl (C=O) groups excluding carboxylic acids is 1. The second-order valence-electron chi connectivity index (χ2n) is 18.0. The van der Waals surface area contributed by atoms with Crippen molar-refractivity contribution in [2.24, 2.45) is 23.7 Å². The summed E-state index contributed by atoms with van der Waals surface area (Å²) in [6.07, 6.45) is 65.4. The molecule has 0 saturated heterocycles. The number of hydrogen-bond donors (Lipinski definition) is 2. The quantitative estimate of drug-likeness (QED) is 0.0365. The van der Waals surface area contributed by atoms with Gasteiger partial charge in [-0.15, -0.1) is 0 Å². The third-order valence-corrected chi connectivity index (χ3v) is 12.9. The predicted molar refractivity (Wildman–Crippen MR) is 265 cm³/mol. The Bertz CT molecular complexity index is 1080. The van der Waals surface area contributed by atoms with Crippen LogP contribution in [-0.4, -0.2) is 12.3 Å². The van der Waals surface area contributed by atoms with Crippen molar-refractivity contribution in [1.29, 1.82) is 0 Å². The van der Waals surface area contributed by atoms with Gasteiger partial charge in [-0.1, -0.05) is 203 Å². The summed E-state index contributed by atoms with van der Waals surface area (Å²) in [5.74, 6) is 2.98. The van der Waals surface area contributed by atoms with E-state index in [-0.39, 0.29) is 0 Å². The fourth-order valence-corrected chi connectivity index (χ4v) is 9.31. The van der Waals surface area contributed by atoms with Crippen LogP contribution in [0.2, 0.25) is 0 Å². The van der Waals surface area contributed by atoms with Crippen molar-refractivity contribution in [2.75, 3.05) is 6.54 Å². The van der Waals surface area contributed by atoms with Crippen molar-refractivity contribution in [3.8, 4) is 0 Å². The molecule has 0 aromatic carbocycles. The summed E-state index contributed by atoms with van der Waals surface area (Å²) in [5.41, 5.74) is 1.38. The minimum atomic E-state index is 0.546. The number of Topliss-reactive ketones (excluding diaryl/α,β-unsaturated/α-hetero) is 1. The summed E-state index contributed by atoms with van der Waals surface area (Å²) < 4.78 is 2.98. The van der Waals surface area contributed by atoms with Crippen molar-refractivity contribution in [2.45, 2.75) is 239 Å². The van der Waals surface area contributed by atoms with Crippen LogP contribution < -0.4 is 4.72 Å². The van der Waals surface area contributed by atoms with E-state index < -0.39 is 0 Å². The Kier molecular flexibility index (Phi) is 39.5. The highest BCUT2D eigenvalue weighted by Gasteiger charge is 2.36. The van der Waals surface area contributed by atoms with Crippen LogP contribution in [0.25, 0.3) is 0 Å². The lowest BCUT2D eigenvalue weighted by Crippen LogP contribution is -2.19. The van der Waals surface area contributed by atoms with Crippen molar-refractivity contribution >= 4 is 18.6 Å². The maximum Gasteiger partial charge on any atom is 0.133 e. The third-order valence-electron chi connectivity index (χ3n) is 12.7. The van der Waals surface area contributed by atoms with Crippen LogP contribution in [-0.2, 0) is 4.79 Å². The first-order valence-electron chi connectivity index (χ1n) is 25.4. The molecule has 0 spiro atoms. The van der Waals surface area contributed by atoms with E-state index in [0.29, 0.717) is 29.5 Å². The highest BCUT2D eigenvalue weighted by Crippen LogP contribution is 2.45. The lowest BCUT2D eigenvalue weighted by molar-refractivity contribution is -0.121. The van der Waals surface area contributed by atoms with Crippen molar-refractivity contribution in [1.82, 2.24) is 4.72 Å². The van der Waals surface area contributed by atoms with Crippen molar-refractivity contribution in [3.05, 3.63) is 72.9 Å². The Labute approximate surface area is 368 Å². The van der Waals surface area contributed by atoms with Gasteiger partial charge in [-0.2, -0.15) is 0 Å². The fraction of sp³-hybridized carbons (Fsp3) is 0.764. The van der Waals surface area contributed by atoms with Crippen molar-refractivity contribution < 1.29 is 4.79 Å². The Morgan fingerprint density at radius 3 is 1.53 bits per heavy atom. The zero-order valence-corrected chi connectivity index (χ0v) is 39.8. The molecule has 0 aliphatic heterocycles. The normalized spacial score (nSPS) is 18.0. The van der Waals surface area contributed by atoms with Gasteiger partial charge in [0, 0.05) is 19.4 Å². The molecule has 1 rings (SSSR count). The monoisotopic (exact) mass is 820 g/mol. The molecule has 0 heterocycles. The average molecular weight is 820 g/mol. The zero-order valence-electron chi connectivity index (χ0n) is 38.9. The van der Waals surface area contributed by atoms with Gasteiger partial charge in [0.2, 0.25) is 0 Å². The van der Waals surface area contributed by atoms with E-state index in [9.17, 15) is 4.79 Å². The van der Waals surface area contributed by atoms with Crippen LogP contribution in [0.1, 0.15) is 239 Å². The number of carbonyl (C=O) groups is 1. The summed E-state index contributed by atoms with van der Waals surface area (Å²) in [4.78, 5) is 13.9. The number of nitrogens with one attached hydrogen (secondary N) is 1. The van der Waals surface area contributed by atoms with E-state index in [0.717, 1.165) is 64.3 Å². The molecule has 0 radical (unpaired) electrons. The molecule has 2 nitrogen and oxygen atoms in total. The van der Waals surface area contributed by atoms with Gasteiger partial charge in [-0.25, -0.2) is 0 Å². The Morgan fingerprint density at radius 2 is 1.05 bits per heavy atom. The summed E-state index contributed by atoms with van der Waals surface area (Å²) in [7, 11) is 0. The van der Waals surface area contributed by atoms with Gasteiger partial charge in [0.25, 0.3) is 0 Å². The van der Waals surface area contributed by atoms with Crippen LogP contribution in [0.4, 0.5) is 0 Å². The second-order valence-corrected chi connectivity index (χ2v) is 18.4. The van der Waals surface area contributed by atoms with Crippen LogP contribution in [0.5, 0.6) is 0 Å². The molecule has 4 unspecified atom stereocenters. The number of ketones is 1. The molecule has 0 amide bonds. The Balaban J connectivity index is 2.54. The van der Waals surface area contributed by atoms with Gasteiger partial charge in [-0.05, 0) is 133 Å². The van der Waals surface area contributed by atoms with E-state index >= 15 is 0 Å². The number of allylic oxidation sites excluding steroid dienone is 11. The van der Waals surface area contributed by atoms with E-state index in [4.69, 9.17) is 0 Å². The summed E-state index contributed by atoms with van der Waals surface area (Å²) in [6.45, 7) is 12.2. The Morgan fingerprint density at radius 1 is 0.586 bits per heavy atom. The van der Waals surface area contributed by atoms with E-state index in [1.54, 1.807) is 0 Å². The first-order chi connectivity index (χ1) is 28.5. The number of hydrogen-bond acceptors (Lipinski definition) is 3. The lowest BCUT2D eigenvalue weighted by Gasteiger charge is -2.25. The second kappa shape index (κ2) is 42.1. The van der Waals surface area contributed by atoms with Crippen LogP contribution in [0.3, 0.4) is 0 Å². The third kappa shape index (κ3) is 33.2. The van der Waals surface area contributed by atoms with Crippen molar-refractivity contribution in [3.63, 3.8) is 0 Å². The molecule has 3 heteroatoms. The minimum absolute atomic E-state index is 0.546.